The number of pyridine rings is 1. The van der Waals surface area contributed by atoms with Gasteiger partial charge in [0.05, 0.1) is 17.6 Å². The highest BCUT2D eigenvalue weighted by molar-refractivity contribution is 6.33. The summed E-state index contributed by atoms with van der Waals surface area (Å²) >= 11 is 5.91. The van der Waals surface area contributed by atoms with Gasteiger partial charge in [-0.2, -0.15) is 0 Å². The Hall–Kier alpha value is -1.61. The Morgan fingerprint density at radius 3 is 2.65 bits per heavy atom. The van der Waals surface area contributed by atoms with Crippen molar-refractivity contribution in [3.05, 3.63) is 52.6 Å². The van der Waals surface area contributed by atoms with Crippen LogP contribution in [0.25, 0.3) is 0 Å². The molecule has 2 heterocycles. The molecule has 2 rings (SSSR count). The Morgan fingerprint density at radius 1 is 1.35 bits per heavy atom. The molecule has 106 valence electrons. The van der Waals surface area contributed by atoms with Crippen molar-refractivity contribution < 1.29 is 4.79 Å². The highest BCUT2D eigenvalue weighted by Crippen LogP contribution is 2.19. The third-order valence-corrected chi connectivity index (χ3v) is 3.66. The molecule has 0 amide bonds. The number of halogens is 1. The van der Waals surface area contributed by atoms with Crippen LogP contribution < -0.4 is 0 Å². The Kier molecular flexibility index (Phi) is 4.29. The molecule has 4 heteroatoms. The average molecular weight is 291 g/mol. The van der Waals surface area contributed by atoms with Gasteiger partial charge in [-0.3, -0.25) is 9.78 Å². The summed E-state index contributed by atoms with van der Waals surface area (Å²) in [7, 11) is 0. The topological polar surface area (TPSA) is 34.9 Å². The molecule has 3 nitrogen and oxygen atoms in total. The van der Waals surface area contributed by atoms with Crippen molar-refractivity contribution in [2.24, 2.45) is 0 Å². The molecular weight excluding hydrogens is 272 g/mol. The Morgan fingerprint density at radius 2 is 2.05 bits per heavy atom. The van der Waals surface area contributed by atoms with Gasteiger partial charge in [0.2, 0.25) is 0 Å². The third-order valence-electron chi connectivity index (χ3n) is 3.47. The van der Waals surface area contributed by atoms with E-state index in [1.54, 1.807) is 6.92 Å². The largest absolute Gasteiger partial charge is 0.343 e. The van der Waals surface area contributed by atoms with Gasteiger partial charge in [-0.05, 0) is 45.9 Å². The lowest BCUT2D eigenvalue weighted by atomic mass is 10.1. The lowest BCUT2D eigenvalue weighted by Crippen LogP contribution is -2.12. The van der Waals surface area contributed by atoms with E-state index in [1.807, 2.05) is 45.0 Å². The maximum atomic E-state index is 12.1. The van der Waals surface area contributed by atoms with Crippen molar-refractivity contribution in [3.63, 3.8) is 0 Å². The number of carbonyl (C=O) groups is 1. The predicted octanol–water partition coefficient (Wildman–Crippen LogP) is 3.67. The van der Waals surface area contributed by atoms with Crippen LogP contribution in [0.2, 0.25) is 0 Å². The zero-order chi connectivity index (χ0) is 14.9. The second kappa shape index (κ2) is 5.80. The van der Waals surface area contributed by atoms with E-state index in [0.29, 0.717) is 12.1 Å². The zero-order valence-corrected chi connectivity index (χ0v) is 13.0. The molecule has 0 radical (unpaired) electrons. The lowest BCUT2D eigenvalue weighted by Gasteiger charge is -2.10. The summed E-state index contributed by atoms with van der Waals surface area (Å²) in [6.07, 6.45) is 0. The standard InChI is InChI=1S/C16H19ClN2O/c1-10-6-5-7-14(18-10)9-19-11(2)8-15(13(19)4)16(20)12(3)17/h5-8,12H,9H2,1-4H3. The van der Waals surface area contributed by atoms with Crippen molar-refractivity contribution in [1.82, 2.24) is 9.55 Å². The van der Waals surface area contributed by atoms with Crippen LogP contribution in [0, 0.1) is 20.8 Å². The number of nitrogens with zero attached hydrogens (tertiary/aromatic N) is 2. The SMILES string of the molecule is Cc1cccc(Cn2c(C)cc(C(=O)C(C)Cl)c2C)n1. The molecule has 0 bridgehead atoms. The number of Topliss-reactive ketones (excluding diaryl/α,β-unsaturated/α-hetero) is 1. The van der Waals surface area contributed by atoms with Crippen LogP contribution >= 0.6 is 11.6 Å². The van der Waals surface area contributed by atoms with Crippen LogP contribution in [0.1, 0.15) is 40.1 Å². The minimum absolute atomic E-state index is 0.0248. The first-order valence-electron chi connectivity index (χ1n) is 6.67. The van der Waals surface area contributed by atoms with E-state index >= 15 is 0 Å². The van der Waals surface area contributed by atoms with Crippen molar-refractivity contribution >= 4 is 17.4 Å². The summed E-state index contributed by atoms with van der Waals surface area (Å²) in [5.74, 6) is -0.0248. The molecule has 0 fully saturated rings. The second-order valence-electron chi connectivity index (χ2n) is 5.12. The molecule has 0 aliphatic carbocycles. The van der Waals surface area contributed by atoms with Crippen molar-refractivity contribution in [2.45, 2.75) is 39.6 Å². The van der Waals surface area contributed by atoms with Gasteiger partial charge in [0.15, 0.2) is 5.78 Å². The molecule has 0 aromatic carbocycles. The highest BCUT2D eigenvalue weighted by atomic mass is 35.5. The molecular formula is C16H19ClN2O. The Labute approximate surface area is 124 Å². The first kappa shape index (κ1) is 14.8. The Balaban J connectivity index is 2.36. The van der Waals surface area contributed by atoms with Crippen molar-refractivity contribution in [3.8, 4) is 0 Å². The molecule has 0 N–H and O–H groups in total. The zero-order valence-electron chi connectivity index (χ0n) is 12.3. The van der Waals surface area contributed by atoms with E-state index < -0.39 is 5.38 Å². The van der Waals surface area contributed by atoms with Gasteiger partial charge in [-0.1, -0.05) is 6.07 Å². The molecule has 0 saturated heterocycles. The number of carbonyl (C=O) groups excluding carboxylic acids is 1. The summed E-state index contributed by atoms with van der Waals surface area (Å²) in [6.45, 7) is 8.30. The minimum atomic E-state index is -0.499. The van der Waals surface area contributed by atoms with E-state index in [4.69, 9.17) is 11.6 Å². The maximum absolute atomic E-state index is 12.1. The maximum Gasteiger partial charge on any atom is 0.182 e. The molecule has 0 saturated carbocycles. The summed E-state index contributed by atoms with van der Waals surface area (Å²) < 4.78 is 2.11. The van der Waals surface area contributed by atoms with E-state index in [-0.39, 0.29) is 5.78 Å². The number of rotatable bonds is 4. The fraction of sp³-hybridized carbons (Fsp3) is 0.375. The summed E-state index contributed by atoms with van der Waals surface area (Å²) in [5.41, 5.74) is 4.69. The first-order chi connectivity index (χ1) is 9.40. The first-order valence-corrected chi connectivity index (χ1v) is 7.11. The molecule has 20 heavy (non-hydrogen) atoms. The quantitative estimate of drug-likeness (QED) is 0.636. The van der Waals surface area contributed by atoms with Crippen LogP contribution in [0.5, 0.6) is 0 Å². The van der Waals surface area contributed by atoms with Crippen molar-refractivity contribution in [1.29, 1.82) is 0 Å². The van der Waals surface area contributed by atoms with Gasteiger partial charge in [0.25, 0.3) is 0 Å². The van der Waals surface area contributed by atoms with Crippen molar-refractivity contribution in [2.75, 3.05) is 0 Å². The van der Waals surface area contributed by atoms with Crippen LogP contribution in [0.4, 0.5) is 0 Å². The third kappa shape index (κ3) is 2.93. The minimum Gasteiger partial charge on any atom is -0.343 e. The van der Waals surface area contributed by atoms with Crippen LogP contribution in [-0.2, 0) is 6.54 Å². The van der Waals surface area contributed by atoms with Gasteiger partial charge in [0, 0.05) is 22.6 Å². The van der Waals surface area contributed by atoms with Gasteiger partial charge >= 0.3 is 0 Å². The molecule has 2 aromatic rings. The molecule has 1 unspecified atom stereocenters. The van der Waals surface area contributed by atoms with Gasteiger partial charge < -0.3 is 4.57 Å². The summed E-state index contributed by atoms with van der Waals surface area (Å²) in [5, 5.41) is -0.499. The van der Waals surface area contributed by atoms with Crippen LogP contribution in [0.15, 0.2) is 24.3 Å². The Bertz CT molecular complexity index is 644. The van der Waals surface area contributed by atoms with E-state index in [1.165, 1.54) is 0 Å². The monoisotopic (exact) mass is 290 g/mol. The fourth-order valence-electron chi connectivity index (χ4n) is 2.36. The molecule has 0 aliphatic heterocycles. The molecule has 0 aliphatic rings. The van der Waals surface area contributed by atoms with Gasteiger partial charge in [-0.15, -0.1) is 11.6 Å². The number of hydrogen-bond acceptors (Lipinski definition) is 2. The van der Waals surface area contributed by atoms with Gasteiger partial charge in [-0.25, -0.2) is 0 Å². The van der Waals surface area contributed by atoms with E-state index in [0.717, 1.165) is 22.8 Å². The molecule has 1 atom stereocenters. The number of alkyl halides is 1. The summed E-state index contributed by atoms with van der Waals surface area (Å²) in [6, 6.07) is 7.88. The predicted molar refractivity (Wildman–Crippen MR) is 81.6 cm³/mol. The van der Waals surface area contributed by atoms with E-state index in [9.17, 15) is 4.79 Å². The number of aromatic nitrogens is 2. The molecule has 2 aromatic heterocycles. The molecule has 0 spiro atoms. The fourth-order valence-corrected chi connectivity index (χ4v) is 2.48. The summed E-state index contributed by atoms with van der Waals surface area (Å²) in [4.78, 5) is 16.6. The highest BCUT2D eigenvalue weighted by Gasteiger charge is 2.19. The number of aryl methyl sites for hydroxylation is 2. The van der Waals surface area contributed by atoms with Gasteiger partial charge in [0.1, 0.15) is 0 Å². The lowest BCUT2D eigenvalue weighted by molar-refractivity contribution is 0.0991. The van der Waals surface area contributed by atoms with Crippen LogP contribution in [0.3, 0.4) is 0 Å². The average Bonchev–Trinajstić information content (AvgIpc) is 2.66. The van der Waals surface area contributed by atoms with E-state index in [2.05, 4.69) is 9.55 Å². The smallest absolute Gasteiger partial charge is 0.182 e. The number of hydrogen-bond donors (Lipinski definition) is 0. The van der Waals surface area contributed by atoms with Crippen LogP contribution in [-0.4, -0.2) is 20.7 Å². The number of ketones is 1. The normalized spacial score (nSPS) is 12.4. The second-order valence-corrected chi connectivity index (χ2v) is 5.78.